The van der Waals surface area contributed by atoms with Crippen LogP contribution in [-0.2, 0) is 24.9 Å². The summed E-state index contributed by atoms with van der Waals surface area (Å²) in [4.78, 5) is 34.8. The number of carbonyl (C=O) groups excluding carboxylic acids is 2. The largest absolute Gasteiger partial charge is 0.416 e. The van der Waals surface area contributed by atoms with Crippen molar-refractivity contribution in [2.75, 3.05) is 26.4 Å². The van der Waals surface area contributed by atoms with E-state index in [4.69, 9.17) is 4.52 Å². The molecule has 0 spiro atoms. The van der Waals surface area contributed by atoms with E-state index < -0.39 is 43.8 Å². The first-order valence-electron chi connectivity index (χ1n) is 9.04. The molecule has 1 aromatic rings. The van der Waals surface area contributed by atoms with Gasteiger partial charge in [0.1, 0.15) is 6.04 Å². The van der Waals surface area contributed by atoms with Gasteiger partial charge in [0, 0.05) is 26.7 Å². The lowest BCUT2D eigenvalue weighted by atomic mass is 9.88. The van der Waals surface area contributed by atoms with Gasteiger partial charge in [0.05, 0.1) is 12.2 Å². The lowest BCUT2D eigenvalue weighted by molar-refractivity contribution is -0.138. The summed E-state index contributed by atoms with van der Waals surface area (Å²) in [6.07, 6.45) is -3.28. The van der Waals surface area contributed by atoms with Crippen LogP contribution in [0.15, 0.2) is 24.3 Å². The van der Waals surface area contributed by atoms with E-state index in [-0.39, 0.29) is 5.92 Å². The molecule has 0 aliphatic carbocycles. The number of nitrogens with one attached hydrogen (secondary N) is 1. The van der Waals surface area contributed by atoms with Crippen LogP contribution in [0.1, 0.15) is 36.8 Å². The second-order valence-corrected chi connectivity index (χ2v) is 8.94. The summed E-state index contributed by atoms with van der Waals surface area (Å²) in [6, 6.07) is 3.93. The number of piperidine rings is 1. The SMILES string of the molecule is CC(=O)N[C@@H](COP(C)(=O)O)C(=O)N1CCC(c2ccc(C(F)(F)F)cc2)CC1. The number of rotatable bonds is 6. The molecule has 1 aliphatic rings. The summed E-state index contributed by atoms with van der Waals surface area (Å²) in [5.41, 5.74) is 0.0724. The van der Waals surface area contributed by atoms with Crippen molar-refractivity contribution >= 4 is 19.4 Å². The maximum absolute atomic E-state index is 12.7. The van der Waals surface area contributed by atoms with E-state index in [1.807, 2.05) is 0 Å². The molecule has 1 aromatic carbocycles. The van der Waals surface area contributed by atoms with E-state index >= 15 is 0 Å². The summed E-state index contributed by atoms with van der Waals surface area (Å²) in [5.74, 6) is -0.889. The van der Waals surface area contributed by atoms with Crippen molar-refractivity contribution < 1.29 is 36.7 Å². The lowest BCUT2D eigenvalue weighted by Gasteiger charge is -2.34. The van der Waals surface area contributed by atoms with Gasteiger partial charge in [-0.2, -0.15) is 13.2 Å². The van der Waals surface area contributed by atoms with Crippen molar-refractivity contribution in [3.63, 3.8) is 0 Å². The molecule has 2 N–H and O–H groups in total. The Balaban J connectivity index is 1.97. The van der Waals surface area contributed by atoms with Crippen LogP contribution in [0.3, 0.4) is 0 Å². The summed E-state index contributed by atoms with van der Waals surface area (Å²) < 4.78 is 54.2. The Hall–Kier alpha value is -1.90. The van der Waals surface area contributed by atoms with Gasteiger partial charge < -0.3 is 19.6 Å². The zero-order valence-corrected chi connectivity index (χ0v) is 17.0. The number of halogens is 3. The standard InChI is InChI=1S/C18H24F3N2O5P/c1-12(24)22-16(11-28-29(2,26)27)17(25)23-9-7-14(8-10-23)13-3-5-15(6-4-13)18(19,20)21/h3-6,14,16H,7-11H2,1-2H3,(H,22,24)(H,26,27)/t16-/m0/s1. The first kappa shape index (κ1) is 23.4. The Labute approximate surface area is 166 Å². The van der Waals surface area contributed by atoms with E-state index in [1.165, 1.54) is 24.0 Å². The molecule has 2 atom stereocenters. The number of amides is 2. The van der Waals surface area contributed by atoms with Crippen molar-refractivity contribution in [2.45, 2.75) is 37.9 Å². The third-order valence-electron chi connectivity index (χ3n) is 4.67. The Bertz CT molecular complexity index is 771. The molecule has 2 rings (SSSR count). The summed E-state index contributed by atoms with van der Waals surface area (Å²) in [5, 5.41) is 2.42. The van der Waals surface area contributed by atoms with Gasteiger partial charge in [-0.05, 0) is 36.5 Å². The van der Waals surface area contributed by atoms with Gasteiger partial charge in [-0.25, -0.2) is 0 Å². The third kappa shape index (κ3) is 7.13. The molecule has 2 amide bonds. The van der Waals surface area contributed by atoms with Crippen LogP contribution in [0.5, 0.6) is 0 Å². The number of nitrogens with zero attached hydrogens (tertiary/aromatic N) is 1. The van der Waals surface area contributed by atoms with Crippen molar-refractivity contribution in [3.8, 4) is 0 Å². The summed E-state index contributed by atoms with van der Waals surface area (Å²) >= 11 is 0. The minimum atomic E-state index is -4.38. The van der Waals surface area contributed by atoms with Gasteiger partial charge in [0.25, 0.3) is 0 Å². The average molecular weight is 436 g/mol. The second kappa shape index (κ2) is 9.28. The highest BCUT2D eigenvalue weighted by molar-refractivity contribution is 7.51. The van der Waals surface area contributed by atoms with Gasteiger partial charge in [-0.3, -0.25) is 14.2 Å². The molecule has 0 aromatic heterocycles. The van der Waals surface area contributed by atoms with E-state index in [0.29, 0.717) is 25.9 Å². The molecule has 0 radical (unpaired) electrons. The highest BCUT2D eigenvalue weighted by Crippen LogP contribution is 2.37. The molecule has 1 aliphatic heterocycles. The summed E-state index contributed by atoms with van der Waals surface area (Å²) in [7, 11) is -3.81. The fourth-order valence-electron chi connectivity index (χ4n) is 3.23. The zero-order valence-electron chi connectivity index (χ0n) is 16.1. The van der Waals surface area contributed by atoms with Gasteiger partial charge in [0.2, 0.25) is 11.8 Å². The average Bonchev–Trinajstić information content (AvgIpc) is 2.63. The van der Waals surface area contributed by atoms with Crippen LogP contribution in [0.4, 0.5) is 13.2 Å². The first-order valence-corrected chi connectivity index (χ1v) is 11.1. The Morgan fingerprint density at radius 2 is 1.83 bits per heavy atom. The molecule has 1 fully saturated rings. The molecule has 7 nitrogen and oxygen atoms in total. The molecule has 11 heteroatoms. The normalized spacial score (nSPS) is 18.8. The van der Waals surface area contributed by atoms with Crippen LogP contribution < -0.4 is 5.32 Å². The van der Waals surface area contributed by atoms with Gasteiger partial charge in [-0.1, -0.05) is 12.1 Å². The fraction of sp³-hybridized carbons (Fsp3) is 0.556. The lowest BCUT2D eigenvalue weighted by Crippen LogP contribution is -2.52. The molecule has 29 heavy (non-hydrogen) atoms. The second-order valence-electron chi connectivity index (χ2n) is 7.07. The predicted octanol–water partition coefficient (Wildman–Crippen LogP) is 2.75. The van der Waals surface area contributed by atoms with Crippen LogP contribution >= 0.6 is 7.60 Å². The number of likely N-dealkylation sites (tertiary alicyclic amines) is 1. The number of carbonyl (C=O) groups is 2. The minimum Gasteiger partial charge on any atom is -0.343 e. The quantitative estimate of drug-likeness (QED) is 0.669. The molecule has 162 valence electrons. The molecule has 0 bridgehead atoms. The fourth-order valence-corrected chi connectivity index (χ4v) is 3.66. The van der Waals surface area contributed by atoms with Crippen molar-refractivity contribution in [1.29, 1.82) is 0 Å². The minimum absolute atomic E-state index is 0.0186. The summed E-state index contributed by atoms with van der Waals surface area (Å²) in [6.45, 7) is 2.48. The maximum atomic E-state index is 12.7. The molecular formula is C18H24F3N2O5P. The molecule has 1 saturated heterocycles. The molecular weight excluding hydrogens is 412 g/mol. The van der Waals surface area contributed by atoms with Crippen molar-refractivity contribution in [2.24, 2.45) is 0 Å². The van der Waals surface area contributed by atoms with Crippen LogP contribution in [-0.4, -0.2) is 54.0 Å². The predicted molar refractivity (Wildman–Crippen MR) is 99.3 cm³/mol. The van der Waals surface area contributed by atoms with E-state index in [9.17, 15) is 32.2 Å². The maximum Gasteiger partial charge on any atom is 0.416 e. The molecule has 0 saturated carbocycles. The smallest absolute Gasteiger partial charge is 0.343 e. The van der Waals surface area contributed by atoms with Gasteiger partial charge >= 0.3 is 13.8 Å². The number of alkyl halides is 3. The third-order valence-corrected chi connectivity index (χ3v) is 5.30. The van der Waals surface area contributed by atoms with Crippen LogP contribution in [0.25, 0.3) is 0 Å². The monoisotopic (exact) mass is 436 g/mol. The Kier molecular flexibility index (Phi) is 7.48. The van der Waals surface area contributed by atoms with Crippen LogP contribution in [0.2, 0.25) is 0 Å². The van der Waals surface area contributed by atoms with E-state index in [2.05, 4.69) is 5.32 Å². The Morgan fingerprint density at radius 3 is 2.28 bits per heavy atom. The van der Waals surface area contributed by atoms with Crippen molar-refractivity contribution in [1.82, 2.24) is 10.2 Å². The van der Waals surface area contributed by atoms with Gasteiger partial charge in [-0.15, -0.1) is 0 Å². The van der Waals surface area contributed by atoms with Gasteiger partial charge in [0.15, 0.2) is 0 Å². The van der Waals surface area contributed by atoms with Crippen LogP contribution in [0, 0.1) is 0 Å². The topological polar surface area (TPSA) is 95.9 Å². The molecule has 1 heterocycles. The number of hydrogen-bond acceptors (Lipinski definition) is 4. The van der Waals surface area contributed by atoms with Crippen molar-refractivity contribution in [3.05, 3.63) is 35.4 Å². The molecule has 1 unspecified atom stereocenters. The Morgan fingerprint density at radius 1 is 1.28 bits per heavy atom. The number of hydrogen-bond donors (Lipinski definition) is 2. The zero-order chi connectivity index (χ0) is 21.8. The highest BCUT2D eigenvalue weighted by atomic mass is 31.2. The first-order chi connectivity index (χ1) is 13.4. The highest BCUT2D eigenvalue weighted by Gasteiger charge is 2.32. The van der Waals surface area contributed by atoms with E-state index in [1.54, 1.807) is 0 Å². The number of benzene rings is 1. The van der Waals surface area contributed by atoms with E-state index in [0.717, 1.165) is 24.4 Å².